The van der Waals surface area contributed by atoms with Gasteiger partial charge in [-0.25, -0.2) is 4.79 Å². The number of phenols is 2. The van der Waals surface area contributed by atoms with Crippen molar-refractivity contribution in [1.82, 2.24) is 31.1 Å². The van der Waals surface area contributed by atoms with E-state index in [1.165, 1.54) is 134 Å². The molecule has 6 atom stereocenters. The summed E-state index contributed by atoms with van der Waals surface area (Å²) in [5, 5.41) is 51.6. The highest BCUT2D eigenvalue weighted by Gasteiger charge is 2.36. The number of aliphatic hydroxyl groups excluding tert-OH is 1. The van der Waals surface area contributed by atoms with Gasteiger partial charge in [-0.3, -0.25) is 28.8 Å². The highest BCUT2D eigenvalue weighted by atomic mass is 16.4. The average Bonchev–Trinajstić information content (AvgIpc) is 3.25. The summed E-state index contributed by atoms with van der Waals surface area (Å²) >= 11 is 0. The Morgan fingerprint density at radius 2 is 1.27 bits per heavy atom. The van der Waals surface area contributed by atoms with E-state index in [-0.39, 0.29) is 46.9 Å². The van der Waals surface area contributed by atoms with E-state index in [1.807, 2.05) is 0 Å². The number of hydrogen-bond acceptors (Lipinski definition) is 10. The lowest BCUT2D eigenvalue weighted by molar-refractivity contribution is -0.144. The standard InChI is InChI=1S/C47H70N6O11/c1-7-8-9-10-11-12-13-14-15-16-17-18-19-20-40(57)52(5)37(28-54)44(60)48-29(2)42(58)50-31(4)46(62)53(6)41-33-22-24-39(56)35(27-33)34-25-32(21-23-38(34)55)26-36(47(63)64)51-43(59)30(3)49-45(41)61/h21-25,27,29-31,36-37,41,54-56H,7-20,26,28H2,1-6H3,(H,48,60)(H,49,61)(H,50,58)(H,51,59)(H,63,64)/t29-,30+,31+,36+,37-,41+/m1/s1. The number of amides is 6. The SMILES string of the molecule is CCCCCCCCCCCCCCCC(=O)N(C)[C@H](CO)C(=O)N[C@H](C)C(=O)N[C@@H](C)C(=O)N(C)[C@@H]1C(=O)N[C@@H](C)C(=O)N[C@H](C(=O)O)Cc2ccc(O)c(c2)-c2cc1ccc2O. The van der Waals surface area contributed by atoms with Gasteiger partial charge in [0.1, 0.15) is 47.8 Å². The minimum absolute atomic E-state index is 0.0653. The number of aliphatic hydroxyl groups is 1. The Bertz CT molecular complexity index is 1920. The second-order valence-corrected chi connectivity index (χ2v) is 17.0. The summed E-state index contributed by atoms with van der Waals surface area (Å²) in [6.45, 7) is 5.60. The van der Waals surface area contributed by atoms with Crippen LogP contribution in [-0.2, 0) is 40.0 Å². The number of carboxylic acid groups (broad SMARTS) is 1. The smallest absolute Gasteiger partial charge is 0.326 e. The fourth-order valence-electron chi connectivity index (χ4n) is 7.74. The number of likely N-dealkylation sites (N-methyl/N-ethyl adjacent to an activating group) is 2. The van der Waals surface area contributed by atoms with Crippen LogP contribution in [0, 0.1) is 0 Å². The Balaban J connectivity index is 1.64. The number of hydrogen-bond donors (Lipinski definition) is 8. The molecule has 0 radical (unpaired) electrons. The number of aliphatic carboxylic acids is 1. The molecule has 0 unspecified atom stereocenters. The summed E-state index contributed by atoms with van der Waals surface area (Å²) in [5.41, 5.74) is 0.721. The molecule has 4 bridgehead atoms. The number of carboxylic acids is 1. The molecule has 6 amide bonds. The second kappa shape index (κ2) is 26.2. The number of carbonyl (C=O) groups excluding carboxylic acids is 6. The Morgan fingerprint density at radius 3 is 1.83 bits per heavy atom. The van der Waals surface area contributed by atoms with Gasteiger partial charge < -0.3 is 51.5 Å². The maximum Gasteiger partial charge on any atom is 0.326 e. The molecule has 2 aromatic rings. The third kappa shape index (κ3) is 15.5. The molecule has 354 valence electrons. The molecular formula is C47H70N6O11. The minimum Gasteiger partial charge on any atom is -0.507 e. The van der Waals surface area contributed by atoms with E-state index >= 15 is 0 Å². The molecule has 0 saturated carbocycles. The van der Waals surface area contributed by atoms with Crippen LogP contribution in [0.1, 0.15) is 135 Å². The van der Waals surface area contributed by atoms with E-state index in [9.17, 15) is 54.0 Å². The number of nitrogens with zero attached hydrogens (tertiary/aromatic N) is 2. The number of nitrogens with one attached hydrogen (secondary N) is 4. The highest BCUT2D eigenvalue weighted by molar-refractivity contribution is 5.97. The van der Waals surface area contributed by atoms with Crippen molar-refractivity contribution in [2.75, 3.05) is 20.7 Å². The van der Waals surface area contributed by atoms with Crippen molar-refractivity contribution in [3.05, 3.63) is 47.5 Å². The van der Waals surface area contributed by atoms with Gasteiger partial charge in [0.05, 0.1) is 6.61 Å². The number of phenolic OH excluding ortho intramolecular Hbond substituents is 2. The number of rotatable bonds is 23. The largest absolute Gasteiger partial charge is 0.507 e. The van der Waals surface area contributed by atoms with Crippen molar-refractivity contribution in [2.45, 2.75) is 160 Å². The van der Waals surface area contributed by atoms with Gasteiger partial charge in [0.2, 0.25) is 35.4 Å². The van der Waals surface area contributed by atoms with Crippen LogP contribution >= 0.6 is 0 Å². The van der Waals surface area contributed by atoms with Crippen LogP contribution in [0.3, 0.4) is 0 Å². The number of fused-ring (bicyclic) bond motifs is 5. The normalized spacial score (nSPS) is 17.7. The number of carbonyl (C=O) groups is 7. The second-order valence-electron chi connectivity index (χ2n) is 17.0. The molecule has 17 heteroatoms. The van der Waals surface area contributed by atoms with Gasteiger partial charge in [0, 0.05) is 38.1 Å². The van der Waals surface area contributed by atoms with Gasteiger partial charge in [0.25, 0.3) is 0 Å². The molecule has 0 saturated heterocycles. The summed E-state index contributed by atoms with van der Waals surface area (Å²) in [6.07, 6.45) is 15.1. The average molecular weight is 895 g/mol. The lowest BCUT2D eigenvalue weighted by Gasteiger charge is -2.32. The lowest BCUT2D eigenvalue weighted by atomic mass is 9.93. The predicted octanol–water partition coefficient (Wildman–Crippen LogP) is 4.20. The molecule has 0 aliphatic carbocycles. The maximum atomic E-state index is 14.0. The molecule has 2 aromatic carbocycles. The molecule has 0 fully saturated rings. The van der Waals surface area contributed by atoms with E-state index in [0.717, 1.165) is 24.2 Å². The Morgan fingerprint density at radius 1 is 0.734 bits per heavy atom. The van der Waals surface area contributed by atoms with E-state index in [0.29, 0.717) is 12.0 Å². The summed E-state index contributed by atoms with van der Waals surface area (Å²) in [4.78, 5) is 94.9. The summed E-state index contributed by atoms with van der Waals surface area (Å²) in [7, 11) is 2.71. The van der Waals surface area contributed by atoms with Crippen LogP contribution in [0.2, 0.25) is 0 Å². The van der Waals surface area contributed by atoms with Crippen molar-refractivity contribution < 1.29 is 54.0 Å². The molecule has 8 N–H and O–H groups in total. The van der Waals surface area contributed by atoms with Gasteiger partial charge >= 0.3 is 5.97 Å². The maximum absolute atomic E-state index is 14.0. The predicted molar refractivity (Wildman–Crippen MR) is 241 cm³/mol. The zero-order valence-electron chi connectivity index (χ0n) is 38.3. The lowest BCUT2D eigenvalue weighted by Crippen LogP contribution is -2.57. The van der Waals surface area contributed by atoms with E-state index in [1.54, 1.807) is 0 Å². The zero-order chi connectivity index (χ0) is 47.5. The third-order valence-corrected chi connectivity index (χ3v) is 11.8. The molecule has 17 nitrogen and oxygen atoms in total. The molecule has 0 spiro atoms. The Hall–Kier alpha value is -5.71. The van der Waals surface area contributed by atoms with Crippen molar-refractivity contribution >= 4 is 41.4 Å². The van der Waals surface area contributed by atoms with Crippen LogP contribution in [-0.4, -0.2) is 123 Å². The molecule has 1 aliphatic heterocycles. The van der Waals surface area contributed by atoms with Gasteiger partial charge in [0.15, 0.2) is 0 Å². The first-order valence-corrected chi connectivity index (χ1v) is 22.6. The first-order valence-electron chi connectivity index (χ1n) is 22.6. The van der Waals surface area contributed by atoms with Gasteiger partial charge in [-0.2, -0.15) is 0 Å². The van der Waals surface area contributed by atoms with Crippen LogP contribution < -0.4 is 21.3 Å². The van der Waals surface area contributed by atoms with Crippen LogP contribution in [0.4, 0.5) is 0 Å². The molecule has 1 heterocycles. The van der Waals surface area contributed by atoms with Crippen LogP contribution in [0.5, 0.6) is 11.5 Å². The quantitative estimate of drug-likeness (QED) is 0.0734. The fourth-order valence-corrected chi connectivity index (χ4v) is 7.74. The van der Waals surface area contributed by atoms with Crippen molar-refractivity contribution in [3.8, 4) is 22.6 Å². The van der Waals surface area contributed by atoms with Crippen LogP contribution in [0.15, 0.2) is 36.4 Å². The van der Waals surface area contributed by atoms with Gasteiger partial charge in [-0.05, 0) is 62.6 Å². The first-order chi connectivity index (χ1) is 30.4. The summed E-state index contributed by atoms with van der Waals surface area (Å²) < 4.78 is 0. The molecular weight excluding hydrogens is 825 g/mol. The number of unbranched alkanes of at least 4 members (excludes halogenated alkanes) is 12. The van der Waals surface area contributed by atoms with Gasteiger partial charge in [-0.1, -0.05) is 96.1 Å². The first kappa shape index (κ1) is 52.6. The number of benzene rings is 2. The summed E-state index contributed by atoms with van der Waals surface area (Å²) in [5.74, 6) is -6.24. The molecule has 3 rings (SSSR count). The molecule has 64 heavy (non-hydrogen) atoms. The minimum atomic E-state index is -1.49. The monoisotopic (exact) mass is 895 g/mol. The van der Waals surface area contributed by atoms with E-state index < -0.39 is 78.4 Å². The fraction of sp³-hybridized carbons (Fsp3) is 0.596. The topological polar surface area (TPSA) is 255 Å². The highest BCUT2D eigenvalue weighted by Crippen LogP contribution is 2.38. The van der Waals surface area contributed by atoms with Crippen molar-refractivity contribution in [2.24, 2.45) is 0 Å². The van der Waals surface area contributed by atoms with E-state index in [4.69, 9.17) is 0 Å². The van der Waals surface area contributed by atoms with E-state index in [2.05, 4.69) is 28.2 Å². The Labute approximate surface area is 376 Å². The van der Waals surface area contributed by atoms with Gasteiger partial charge in [-0.15, -0.1) is 0 Å². The molecule has 1 aliphatic rings. The van der Waals surface area contributed by atoms with Crippen molar-refractivity contribution in [3.63, 3.8) is 0 Å². The van der Waals surface area contributed by atoms with Crippen molar-refractivity contribution in [1.29, 1.82) is 0 Å². The zero-order valence-corrected chi connectivity index (χ0v) is 38.3. The number of aromatic hydroxyl groups is 2. The third-order valence-electron chi connectivity index (χ3n) is 11.8. The molecule has 0 aromatic heterocycles. The van der Waals surface area contributed by atoms with Crippen LogP contribution in [0.25, 0.3) is 11.1 Å². The summed E-state index contributed by atoms with van der Waals surface area (Å²) in [6, 6.07) is 0.315. The Kier molecular flexibility index (Phi) is 21.5.